The van der Waals surface area contributed by atoms with Gasteiger partial charge in [-0.05, 0) is 53.4 Å². The van der Waals surface area contributed by atoms with Crippen molar-refractivity contribution < 1.29 is 38.6 Å². The number of ether oxygens (including phenoxy) is 3. The van der Waals surface area contributed by atoms with Crippen molar-refractivity contribution in [3.8, 4) is 5.75 Å². The molecule has 0 bridgehead atoms. The molecule has 16 heteroatoms. The van der Waals surface area contributed by atoms with Gasteiger partial charge in [-0.1, -0.05) is 85.0 Å². The Hall–Kier alpha value is -6.23. The molecule has 2 amide bonds. The molecule has 2 unspecified atom stereocenters. The van der Waals surface area contributed by atoms with Crippen LogP contribution in [0.15, 0.2) is 103 Å². The monoisotopic (exact) mass is 844 g/mol. The lowest BCUT2D eigenvalue weighted by molar-refractivity contribution is -0.385. The van der Waals surface area contributed by atoms with Gasteiger partial charge in [-0.15, -0.1) is 5.10 Å². The number of carbonyl (C=O) groups excluding carboxylic acids is 3. The summed E-state index contributed by atoms with van der Waals surface area (Å²) in [6, 6.07) is 29.3. The van der Waals surface area contributed by atoms with Crippen molar-refractivity contribution >= 4 is 48.1 Å². The summed E-state index contributed by atoms with van der Waals surface area (Å²) in [6.07, 6.45) is 1.26. The van der Waals surface area contributed by atoms with Crippen molar-refractivity contribution in [2.24, 2.45) is 5.92 Å². The molecule has 15 nitrogen and oxygen atoms in total. The molecule has 0 saturated carbocycles. The Morgan fingerprint density at radius 2 is 1.77 bits per heavy atom. The van der Waals surface area contributed by atoms with Gasteiger partial charge in [0, 0.05) is 49.0 Å². The highest BCUT2D eigenvalue weighted by atomic mass is 28.3. The summed E-state index contributed by atoms with van der Waals surface area (Å²) in [5.41, 5.74) is 2.01. The number of fused-ring (bicyclic) bond motifs is 2. The van der Waals surface area contributed by atoms with Gasteiger partial charge in [0.1, 0.15) is 5.75 Å². The van der Waals surface area contributed by atoms with Crippen molar-refractivity contribution in [2.75, 3.05) is 23.5 Å². The molecule has 4 aromatic carbocycles. The number of aromatic nitrogens is 3. The van der Waals surface area contributed by atoms with Gasteiger partial charge in [-0.3, -0.25) is 34.1 Å². The molecule has 5 aromatic rings. The molecule has 2 saturated heterocycles. The van der Waals surface area contributed by atoms with Crippen LogP contribution in [0.25, 0.3) is 0 Å². The Balaban J connectivity index is 1.14. The Kier molecular flexibility index (Phi) is 11.1. The number of aliphatic hydroxyl groups excluding tert-OH is 1. The van der Waals surface area contributed by atoms with Gasteiger partial charge in [-0.25, -0.2) is 0 Å². The lowest BCUT2D eigenvalue weighted by Gasteiger charge is -2.39. The van der Waals surface area contributed by atoms with E-state index in [2.05, 4.69) is 35.5 Å². The number of aliphatic hydroxyl groups is 1. The number of benzene rings is 4. The fourth-order valence-corrected chi connectivity index (χ4v) is 13.7. The molecule has 4 heterocycles. The van der Waals surface area contributed by atoms with E-state index in [1.807, 2.05) is 67.7 Å². The summed E-state index contributed by atoms with van der Waals surface area (Å²) in [5.74, 6) is -1.000. The van der Waals surface area contributed by atoms with E-state index in [4.69, 9.17) is 14.2 Å². The summed E-state index contributed by atoms with van der Waals surface area (Å²) in [7, 11) is -0.925. The molecule has 2 fully saturated rings. The van der Waals surface area contributed by atoms with Crippen LogP contribution in [0.1, 0.15) is 55.0 Å². The number of esters is 1. The van der Waals surface area contributed by atoms with E-state index >= 15 is 4.79 Å². The summed E-state index contributed by atoms with van der Waals surface area (Å²) < 4.78 is 19.7. The smallest absolute Gasteiger partial charge is 0.304 e. The molecule has 316 valence electrons. The van der Waals surface area contributed by atoms with E-state index in [-0.39, 0.29) is 48.5 Å². The van der Waals surface area contributed by atoms with E-state index < -0.39 is 42.8 Å². The van der Waals surface area contributed by atoms with E-state index in [1.54, 1.807) is 34.9 Å². The van der Waals surface area contributed by atoms with Crippen molar-refractivity contribution in [3.05, 3.63) is 136 Å². The molecular weight excluding hydrogens is 797 g/mol. The standard InChI is InChI=1S/C45H48N6O9Si/c1-28-43(61(4,5)35-18-16-34(58-3)17-19-35)40(21-22-48-26-38(46-47-48)36(27-52)31-9-7-6-8-10-31)60-45(28)37-23-33(51(56)57)15-20-39(37)49(44(45)55)25-30-11-13-32(14-12-30)50-41(54)24-42(50)59-29(2)53/h6-20,23,26,28,36,40,42-43,52H,21-22,24-25,27H2,1-5H3/t28-,36?,40+,42?,43-,45+/m0/s1. The van der Waals surface area contributed by atoms with Crippen LogP contribution in [-0.4, -0.2) is 76.9 Å². The molecule has 3 aliphatic rings. The van der Waals surface area contributed by atoms with Crippen molar-refractivity contribution in [3.63, 3.8) is 0 Å². The summed E-state index contributed by atoms with van der Waals surface area (Å²) in [5, 5.41) is 32.6. The Morgan fingerprint density at radius 1 is 1.05 bits per heavy atom. The normalized spacial score (nSPS) is 22.6. The molecule has 6 atom stereocenters. The molecule has 61 heavy (non-hydrogen) atoms. The highest BCUT2D eigenvalue weighted by Gasteiger charge is 2.66. The summed E-state index contributed by atoms with van der Waals surface area (Å²) >= 11 is 0. The minimum absolute atomic E-state index is 0.102. The zero-order chi connectivity index (χ0) is 43.2. The van der Waals surface area contributed by atoms with Crippen molar-refractivity contribution in [1.29, 1.82) is 0 Å². The van der Waals surface area contributed by atoms with Crippen LogP contribution in [-0.2, 0) is 42.5 Å². The number of rotatable bonds is 14. The number of nitro groups is 1. The molecule has 0 aliphatic carbocycles. The first-order chi connectivity index (χ1) is 29.3. The van der Waals surface area contributed by atoms with E-state index in [0.717, 1.165) is 22.1 Å². The summed E-state index contributed by atoms with van der Waals surface area (Å²) in [6.45, 7) is 8.27. The number of nitrogens with zero attached hydrogens (tertiary/aromatic N) is 6. The molecule has 1 aromatic heterocycles. The number of hydrogen-bond acceptors (Lipinski definition) is 11. The maximum absolute atomic E-state index is 15.3. The van der Waals surface area contributed by atoms with Crippen molar-refractivity contribution in [1.82, 2.24) is 15.0 Å². The number of carbonyl (C=O) groups is 3. The fourth-order valence-electron chi connectivity index (χ4n) is 9.67. The second-order valence-corrected chi connectivity index (χ2v) is 21.2. The molecule has 3 aliphatic heterocycles. The number of nitro benzene ring substituents is 1. The van der Waals surface area contributed by atoms with Crippen LogP contribution >= 0.6 is 0 Å². The Bertz CT molecular complexity index is 2460. The number of hydrogen-bond donors (Lipinski definition) is 1. The van der Waals surface area contributed by atoms with Crippen molar-refractivity contribution in [2.45, 2.75) is 82.3 Å². The lowest BCUT2D eigenvalue weighted by atomic mass is 9.82. The zero-order valence-corrected chi connectivity index (χ0v) is 35.6. The van der Waals surface area contributed by atoms with Crippen LogP contribution in [0, 0.1) is 16.0 Å². The third-order valence-corrected chi connectivity index (χ3v) is 17.1. The first kappa shape index (κ1) is 41.5. The average Bonchev–Trinajstić information content (AvgIpc) is 3.91. The van der Waals surface area contributed by atoms with Gasteiger partial charge in [0.15, 0.2) is 11.8 Å². The first-order valence-electron chi connectivity index (χ1n) is 20.3. The first-order valence-corrected chi connectivity index (χ1v) is 23.4. The minimum Gasteiger partial charge on any atom is -0.497 e. The topological polar surface area (TPSA) is 179 Å². The maximum Gasteiger partial charge on any atom is 0.304 e. The van der Waals surface area contributed by atoms with Crippen LogP contribution in [0.2, 0.25) is 18.6 Å². The second-order valence-electron chi connectivity index (χ2n) is 16.5. The van der Waals surface area contributed by atoms with Gasteiger partial charge < -0.3 is 24.2 Å². The maximum atomic E-state index is 15.3. The predicted octanol–water partition coefficient (Wildman–Crippen LogP) is 5.80. The fraction of sp³-hybridized carbons (Fsp3) is 0.356. The number of amides is 2. The van der Waals surface area contributed by atoms with Gasteiger partial charge >= 0.3 is 5.97 Å². The minimum atomic E-state index is -2.55. The third kappa shape index (κ3) is 7.38. The van der Waals surface area contributed by atoms with Crippen LogP contribution in [0.5, 0.6) is 5.75 Å². The van der Waals surface area contributed by atoms with Gasteiger partial charge in [0.2, 0.25) is 5.91 Å². The van der Waals surface area contributed by atoms with Gasteiger partial charge in [0.25, 0.3) is 11.6 Å². The average molecular weight is 845 g/mol. The number of non-ortho nitro benzene ring substituents is 1. The molecular formula is C45H48N6O9Si. The van der Waals surface area contributed by atoms with Crippen LogP contribution < -0.4 is 19.7 Å². The van der Waals surface area contributed by atoms with E-state index in [0.29, 0.717) is 35.6 Å². The second kappa shape index (κ2) is 16.3. The van der Waals surface area contributed by atoms with Crippen LogP contribution in [0.3, 0.4) is 0 Å². The predicted molar refractivity (Wildman–Crippen MR) is 228 cm³/mol. The number of anilines is 2. The largest absolute Gasteiger partial charge is 0.497 e. The van der Waals surface area contributed by atoms with Crippen LogP contribution in [0.4, 0.5) is 17.1 Å². The molecule has 0 radical (unpaired) electrons. The van der Waals surface area contributed by atoms with Gasteiger partial charge in [0.05, 0.1) is 63.1 Å². The van der Waals surface area contributed by atoms with E-state index in [9.17, 15) is 24.8 Å². The van der Waals surface area contributed by atoms with E-state index in [1.165, 1.54) is 24.0 Å². The Labute approximate surface area is 354 Å². The summed E-state index contributed by atoms with van der Waals surface area (Å²) in [4.78, 5) is 54.3. The Morgan fingerprint density at radius 3 is 2.41 bits per heavy atom. The number of methoxy groups -OCH3 is 1. The molecule has 1 N–H and O–H groups in total. The lowest BCUT2D eigenvalue weighted by Crippen LogP contribution is -2.54. The zero-order valence-electron chi connectivity index (χ0n) is 34.6. The van der Waals surface area contributed by atoms with Gasteiger partial charge in [-0.2, -0.15) is 0 Å². The molecule has 8 rings (SSSR count). The number of aryl methyl sites for hydroxylation is 1. The highest BCUT2D eigenvalue weighted by Crippen LogP contribution is 2.60. The SMILES string of the molecule is COc1ccc([Si](C)(C)[C@@H]2[C@@H](CCn3cc(C(CO)c4ccccc4)nn3)O[C@]3(C(=O)N(Cc4ccc(N5C(=O)CC5OC(C)=O)cc4)c4ccc([N+](=O)[O-])cc43)[C@H]2C)cc1. The highest BCUT2D eigenvalue weighted by molar-refractivity contribution is 6.91. The quantitative estimate of drug-likeness (QED) is 0.0470. The number of β-lactam (4-membered cyclic amide) rings is 1. The molecule has 1 spiro atoms. The third-order valence-electron chi connectivity index (χ3n) is 12.7.